The summed E-state index contributed by atoms with van der Waals surface area (Å²) in [7, 11) is 0. The first-order valence-corrected chi connectivity index (χ1v) is 6.36. The molecule has 2 rings (SSSR count). The van der Waals surface area contributed by atoms with Crippen LogP contribution in [0, 0.1) is 0 Å². The molecule has 0 fully saturated rings. The molecule has 0 N–H and O–H groups in total. The van der Waals surface area contributed by atoms with Crippen molar-refractivity contribution in [2.75, 3.05) is 0 Å². The van der Waals surface area contributed by atoms with Crippen molar-refractivity contribution in [3.63, 3.8) is 0 Å². The van der Waals surface area contributed by atoms with Crippen LogP contribution in [0.1, 0.15) is 18.9 Å². The van der Waals surface area contributed by atoms with Crippen LogP contribution in [0.4, 0.5) is 0 Å². The van der Waals surface area contributed by atoms with Crippen LogP contribution in [0.2, 0.25) is 0 Å². The van der Waals surface area contributed by atoms with Gasteiger partial charge in [-0.1, -0.05) is 55.5 Å². The van der Waals surface area contributed by atoms with Gasteiger partial charge in [0.25, 0.3) is 0 Å². The van der Waals surface area contributed by atoms with Crippen LogP contribution in [0.25, 0.3) is 0 Å². The maximum absolute atomic E-state index is 5.91. The summed E-state index contributed by atoms with van der Waals surface area (Å²) in [5.41, 5.74) is 1.21. The minimum absolute atomic E-state index is 0.879. The number of benzene rings is 2. The lowest BCUT2D eigenvalue weighted by Crippen LogP contribution is -1.90. The first kappa shape index (κ1) is 12.4. The van der Waals surface area contributed by atoms with Crippen LogP contribution in [-0.4, -0.2) is 0 Å². The van der Waals surface area contributed by atoms with Gasteiger partial charge in [-0.15, -0.1) is 0 Å². The number of para-hydroxylation sites is 2. The van der Waals surface area contributed by atoms with Crippen molar-refractivity contribution in [2.45, 2.75) is 19.8 Å². The van der Waals surface area contributed by atoms with Gasteiger partial charge in [0.2, 0.25) is 0 Å². The molecule has 0 heterocycles. The minimum Gasteiger partial charge on any atom is -0.457 e. The summed E-state index contributed by atoms with van der Waals surface area (Å²) in [6.45, 7) is 2.14. The lowest BCUT2D eigenvalue weighted by atomic mass is 10.1. The molecule has 0 aliphatic heterocycles. The van der Waals surface area contributed by atoms with Gasteiger partial charge < -0.3 is 4.74 Å². The Morgan fingerprint density at radius 1 is 0.889 bits per heavy atom. The second kappa shape index (κ2) is 6.65. The molecule has 0 aliphatic carbocycles. The van der Waals surface area contributed by atoms with E-state index in [4.69, 9.17) is 4.74 Å². The van der Waals surface area contributed by atoms with Crippen molar-refractivity contribution in [1.82, 2.24) is 0 Å². The van der Waals surface area contributed by atoms with Gasteiger partial charge in [0, 0.05) is 0 Å². The lowest BCUT2D eigenvalue weighted by molar-refractivity contribution is 0.477. The van der Waals surface area contributed by atoms with E-state index in [2.05, 4.69) is 25.1 Å². The summed E-state index contributed by atoms with van der Waals surface area (Å²) in [6, 6.07) is 18.1. The van der Waals surface area contributed by atoms with Crippen molar-refractivity contribution in [3.05, 3.63) is 72.3 Å². The molecule has 2 aromatic rings. The van der Waals surface area contributed by atoms with E-state index in [9.17, 15) is 0 Å². The van der Waals surface area contributed by atoms with Gasteiger partial charge in [-0.3, -0.25) is 0 Å². The molecule has 18 heavy (non-hydrogen) atoms. The standard InChI is InChI=1S/C17H18O/c1-2-3-5-10-15-11-8-9-14-17(15)18-16-12-6-4-7-13-16/h3-9,11-14H,2,10H2,1H3/b5-3+. The zero-order valence-corrected chi connectivity index (χ0v) is 10.7. The second-order valence-electron chi connectivity index (χ2n) is 4.11. The SMILES string of the molecule is CC/C=C/Cc1ccccc1Oc1ccccc1. The number of allylic oxidation sites excluding steroid dienone is 2. The fourth-order valence-electron chi connectivity index (χ4n) is 1.76. The van der Waals surface area contributed by atoms with Crippen molar-refractivity contribution in [1.29, 1.82) is 0 Å². The van der Waals surface area contributed by atoms with Gasteiger partial charge in [-0.25, -0.2) is 0 Å². The van der Waals surface area contributed by atoms with Gasteiger partial charge in [0.05, 0.1) is 0 Å². The Hall–Kier alpha value is -2.02. The molecule has 0 aromatic heterocycles. The normalized spacial score (nSPS) is 10.7. The Bertz CT molecular complexity index is 500. The van der Waals surface area contributed by atoms with Gasteiger partial charge in [-0.05, 0) is 36.6 Å². The summed E-state index contributed by atoms with van der Waals surface area (Å²) >= 11 is 0. The second-order valence-corrected chi connectivity index (χ2v) is 4.11. The fraction of sp³-hybridized carbons (Fsp3) is 0.176. The quantitative estimate of drug-likeness (QED) is 0.667. The average Bonchev–Trinajstić information content (AvgIpc) is 2.42. The minimum atomic E-state index is 0.879. The highest BCUT2D eigenvalue weighted by molar-refractivity contribution is 5.38. The first-order chi connectivity index (χ1) is 8.90. The number of hydrogen-bond acceptors (Lipinski definition) is 1. The largest absolute Gasteiger partial charge is 0.457 e. The highest BCUT2D eigenvalue weighted by atomic mass is 16.5. The predicted molar refractivity (Wildman–Crippen MR) is 76.1 cm³/mol. The van der Waals surface area contributed by atoms with Crippen LogP contribution in [0.5, 0.6) is 11.5 Å². The van der Waals surface area contributed by atoms with Gasteiger partial charge in [0.1, 0.15) is 11.5 Å². The Morgan fingerprint density at radius 2 is 1.61 bits per heavy atom. The monoisotopic (exact) mass is 238 g/mol. The number of ether oxygens (including phenoxy) is 1. The van der Waals surface area contributed by atoms with E-state index < -0.39 is 0 Å². The first-order valence-electron chi connectivity index (χ1n) is 6.36. The fourth-order valence-corrected chi connectivity index (χ4v) is 1.76. The number of hydrogen-bond donors (Lipinski definition) is 0. The molecule has 0 bridgehead atoms. The third-order valence-electron chi connectivity index (χ3n) is 2.68. The van der Waals surface area contributed by atoms with Gasteiger partial charge in [-0.2, -0.15) is 0 Å². The molecule has 0 radical (unpaired) electrons. The summed E-state index contributed by atoms with van der Waals surface area (Å²) in [5, 5.41) is 0. The Balaban J connectivity index is 2.15. The average molecular weight is 238 g/mol. The lowest BCUT2D eigenvalue weighted by Gasteiger charge is -2.09. The van der Waals surface area contributed by atoms with Gasteiger partial charge in [0.15, 0.2) is 0 Å². The van der Waals surface area contributed by atoms with Crippen molar-refractivity contribution >= 4 is 0 Å². The topological polar surface area (TPSA) is 9.23 Å². The molecule has 0 spiro atoms. The molecule has 0 atom stereocenters. The van der Waals surface area contributed by atoms with E-state index in [0.29, 0.717) is 0 Å². The van der Waals surface area contributed by atoms with Crippen molar-refractivity contribution in [3.8, 4) is 11.5 Å². The van der Waals surface area contributed by atoms with Crippen molar-refractivity contribution in [2.24, 2.45) is 0 Å². The van der Waals surface area contributed by atoms with Crippen LogP contribution < -0.4 is 4.74 Å². The van der Waals surface area contributed by atoms with Gasteiger partial charge >= 0.3 is 0 Å². The molecule has 0 saturated heterocycles. The molecule has 1 nitrogen and oxygen atoms in total. The molecule has 92 valence electrons. The van der Waals surface area contributed by atoms with Crippen LogP contribution >= 0.6 is 0 Å². The van der Waals surface area contributed by atoms with Crippen LogP contribution in [0.15, 0.2) is 66.7 Å². The van der Waals surface area contributed by atoms with E-state index >= 15 is 0 Å². The molecule has 0 unspecified atom stereocenters. The Morgan fingerprint density at radius 3 is 2.39 bits per heavy atom. The van der Waals surface area contributed by atoms with E-state index in [-0.39, 0.29) is 0 Å². The highest BCUT2D eigenvalue weighted by Crippen LogP contribution is 2.25. The molecular weight excluding hydrogens is 220 g/mol. The number of rotatable bonds is 5. The van der Waals surface area contributed by atoms with E-state index in [0.717, 1.165) is 24.3 Å². The zero-order valence-electron chi connectivity index (χ0n) is 10.7. The van der Waals surface area contributed by atoms with Crippen LogP contribution in [-0.2, 0) is 6.42 Å². The summed E-state index contributed by atoms with van der Waals surface area (Å²) in [6.07, 6.45) is 6.35. The molecule has 0 aliphatic rings. The molecule has 0 amide bonds. The molecular formula is C17H18O. The van der Waals surface area contributed by atoms with E-state index in [1.165, 1.54) is 5.56 Å². The smallest absolute Gasteiger partial charge is 0.130 e. The third kappa shape index (κ3) is 3.49. The molecule has 0 saturated carbocycles. The maximum atomic E-state index is 5.91. The predicted octanol–water partition coefficient (Wildman–Crippen LogP) is 4.99. The summed E-state index contributed by atoms with van der Waals surface area (Å²) in [4.78, 5) is 0. The van der Waals surface area contributed by atoms with E-state index in [1.807, 2.05) is 48.5 Å². The van der Waals surface area contributed by atoms with E-state index in [1.54, 1.807) is 0 Å². The maximum Gasteiger partial charge on any atom is 0.130 e. The Labute approximate surface area is 109 Å². The van der Waals surface area contributed by atoms with Crippen LogP contribution in [0.3, 0.4) is 0 Å². The summed E-state index contributed by atoms with van der Waals surface area (Å²) < 4.78 is 5.91. The van der Waals surface area contributed by atoms with Crippen molar-refractivity contribution < 1.29 is 4.74 Å². The molecule has 1 heteroatoms. The molecule has 2 aromatic carbocycles. The zero-order chi connectivity index (χ0) is 12.6. The Kier molecular flexibility index (Phi) is 4.60. The highest BCUT2D eigenvalue weighted by Gasteiger charge is 2.02. The summed E-state index contributed by atoms with van der Waals surface area (Å²) in [5.74, 6) is 1.81. The third-order valence-corrected chi connectivity index (χ3v) is 2.68.